The van der Waals surface area contributed by atoms with Crippen molar-refractivity contribution in [3.63, 3.8) is 0 Å². The molecule has 0 aliphatic heterocycles. The fourth-order valence-corrected chi connectivity index (χ4v) is 4.56. The Kier molecular flexibility index (Phi) is 6.74. The molecule has 0 radical (unpaired) electrons. The summed E-state index contributed by atoms with van der Waals surface area (Å²) >= 11 is 0. The second-order valence-electron chi connectivity index (χ2n) is 8.90. The molecule has 38 heavy (non-hydrogen) atoms. The van der Waals surface area contributed by atoms with Gasteiger partial charge in [0.2, 0.25) is 16.9 Å². The van der Waals surface area contributed by atoms with E-state index in [1.54, 1.807) is 38.3 Å². The SMILES string of the molecule is COC(=O)[C@H](Cc1c[nH]c2ccccc12)NC(=O)Cc1c(-c2ccc(OC)cc2)oc2c(=O)cc(C)oc12. The van der Waals surface area contributed by atoms with E-state index < -0.39 is 17.9 Å². The van der Waals surface area contributed by atoms with Crippen molar-refractivity contribution in [1.82, 2.24) is 10.3 Å². The number of rotatable bonds is 8. The van der Waals surface area contributed by atoms with Gasteiger partial charge in [-0.15, -0.1) is 0 Å². The summed E-state index contributed by atoms with van der Waals surface area (Å²) < 4.78 is 22.0. The monoisotopic (exact) mass is 514 g/mol. The fourth-order valence-electron chi connectivity index (χ4n) is 4.56. The number of aromatic nitrogens is 1. The molecule has 0 bridgehead atoms. The molecule has 9 heteroatoms. The highest BCUT2D eigenvalue weighted by atomic mass is 16.5. The third kappa shape index (κ3) is 4.78. The average Bonchev–Trinajstić information content (AvgIpc) is 3.49. The van der Waals surface area contributed by atoms with E-state index in [0.29, 0.717) is 28.4 Å². The van der Waals surface area contributed by atoms with E-state index in [2.05, 4.69) is 10.3 Å². The molecule has 5 rings (SSSR count). The number of hydrogen-bond donors (Lipinski definition) is 2. The number of esters is 1. The zero-order valence-corrected chi connectivity index (χ0v) is 21.1. The van der Waals surface area contributed by atoms with Gasteiger partial charge < -0.3 is 28.6 Å². The van der Waals surface area contributed by atoms with E-state index in [1.165, 1.54) is 13.2 Å². The van der Waals surface area contributed by atoms with E-state index in [4.69, 9.17) is 18.3 Å². The molecule has 2 aromatic carbocycles. The Morgan fingerprint density at radius 1 is 1.03 bits per heavy atom. The van der Waals surface area contributed by atoms with Crippen LogP contribution >= 0.6 is 0 Å². The van der Waals surface area contributed by atoms with Gasteiger partial charge in [-0.05, 0) is 42.8 Å². The van der Waals surface area contributed by atoms with Crippen molar-refractivity contribution in [3.8, 4) is 17.1 Å². The van der Waals surface area contributed by atoms with Crippen LogP contribution in [0.3, 0.4) is 0 Å². The second kappa shape index (κ2) is 10.3. The zero-order chi connectivity index (χ0) is 26.8. The molecule has 0 saturated carbocycles. The van der Waals surface area contributed by atoms with Gasteiger partial charge in [0.1, 0.15) is 23.3 Å². The Balaban J connectivity index is 1.48. The van der Waals surface area contributed by atoms with Gasteiger partial charge in [-0.1, -0.05) is 18.2 Å². The van der Waals surface area contributed by atoms with Crippen LogP contribution in [-0.4, -0.2) is 37.1 Å². The summed E-state index contributed by atoms with van der Waals surface area (Å²) in [7, 11) is 2.84. The molecule has 3 aromatic heterocycles. The molecule has 3 heterocycles. The molecule has 0 fully saturated rings. The molecule has 0 saturated heterocycles. The number of furan rings is 1. The van der Waals surface area contributed by atoms with Crippen molar-refractivity contribution >= 4 is 33.9 Å². The summed E-state index contributed by atoms with van der Waals surface area (Å²) in [6, 6.07) is 15.1. The van der Waals surface area contributed by atoms with Crippen molar-refractivity contribution in [1.29, 1.82) is 0 Å². The molecule has 0 aliphatic carbocycles. The van der Waals surface area contributed by atoms with E-state index >= 15 is 0 Å². The summed E-state index contributed by atoms with van der Waals surface area (Å²) in [5.74, 6) is 0.334. The minimum atomic E-state index is -0.928. The Morgan fingerprint density at radius 3 is 2.53 bits per heavy atom. The lowest BCUT2D eigenvalue weighted by molar-refractivity contribution is -0.145. The number of fused-ring (bicyclic) bond motifs is 2. The first-order chi connectivity index (χ1) is 18.4. The number of nitrogens with one attached hydrogen (secondary N) is 2. The Labute approximate surface area is 217 Å². The number of benzene rings is 2. The lowest BCUT2D eigenvalue weighted by atomic mass is 10.0. The molecule has 0 aliphatic rings. The standard InChI is InChI=1S/C29H26N2O7/c1-16-12-24(32)28-27(37-16)21(26(38-28)17-8-10-19(35-2)11-9-17)14-25(33)31-23(29(34)36-3)13-18-15-30-22-7-5-4-6-20(18)22/h4-12,15,23,30H,13-14H2,1-3H3,(H,31,33)/t23-/m0/s1. The molecule has 2 N–H and O–H groups in total. The summed E-state index contributed by atoms with van der Waals surface area (Å²) in [5, 5.41) is 3.75. The number of aromatic amines is 1. The fraction of sp³-hybridized carbons (Fsp3) is 0.207. The van der Waals surface area contributed by atoms with E-state index in [0.717, 1.165) is 16.5 Å². The maximum Gasteiger partial charge on any atom is 0.328 e. The van der Waals surface area contributed by atoms with Gasteiger partial charge in [0.25, 0.3) is 0 Å². The minimum absolute atomic E-state index is 0.0209. The summed E-state index contributed by atoms with van der Waals surface area (Å²) in [4.78, 5) is 41.8. The second-order valence-corrected chi connectivity index (χ2v) is 8.90. The van der Waals surface area contributed by atoms with Crippen LogP contribution in [0, 0.1) is 6.92 Å². The molecule has 1 atom stereocenters. The van der Waals surface area contributed by atoms with Gasteiger partial charge in [0, 0.05) is 35.2 Å². The highest BCUT2D eigenvalue weighted by molar-refractivity contribution is 5.92. The predicted octanol–water partition coefficient (Wildman–Crippen LogP) is 4.29. The lowest BCUT2D eigenvalue weighted by Gasteiger charge is -2.16. The molecular weight excluding hydrogens is 488 g/mol. The van der Waals surface area contributed by atoms with Crippen LogP contribution in [-0.2, 0) is 27.2 Å². The number of amides is 1. The van der Waals surface area contributed by atoms with Crippen LogP contribution < -0.4 is 15.5 Å². The maximum atomic E-state index is 13.3. The largest absolute Gasteiger partial charge is 0.497 e. The molecular formula is C29H26N2O7. The van der Waals surface area contributed by atoms with Crippen molar-refractivity contribution in [2.75, 3.05) is 14.2 Å². The quantitative estimate of drug-likeness (QED) is 0.296. The van der Waals surface area contributed by atoms with Crippen LogP contribution in [0.2, 0.25) is 0 Å². The third-order valence-corrected chi connectivity index (χ3v) is 6.39. The van der Waals surface area contributed by atoms with Crippen molar-refractivity contribution in [2.24, 2.45) is 0 Å². The van der Waals surface area contributed by atoms with Gasteiger partial charge in [-0.3, -0.25) is 9.59 Å². The molecule has 194 valence electrons. The molecule has 0 unspecified atom stereocenters. The highest BCUT2D eigenvalue weighted by Crippen LogP contribution is 2.34. The van der Waals surface area contributed by atoms with Crippen LogP contribution in [0.1, 0.15) is 16.9 Å². The first-order valence-electron chi connectivity index (χ1n) is 12.0. The lowest BCUT2D eigenvalue weighted by Crippen LogP contribution is -2.43. The van der Waals surface area contributed by atoms with Gasteiger partial charge in [0.05, 0.1) is 26.2 Å². The topological polar surface area (TPSA) is 124 Å². The van der Waals surface area contributed by atoms with Gasteiger partial charge in [-0.25, -0.2) is 4.79 Å². The Morgan fingerprint density at radius 2 is 1.79 bits per heavy atom. The number of H-pyrrole nitrogens is 1. The number of carbonyl (C=O) groups excluding carboxylic acids is 2. The van der Waals surface area contributed by atoms with Crippen molar-refractivity contribution < 1.29 is 27.9 Å². The normalized spacial score (nSPS) is 12.0. The van der Waals surface area contributed by atoms with E-state index in [9.17, 15) is 14.4 Å². The third-order valence-electron chi connectivity index (χ3n) is 6.39. The summed E-state index contributed by atoms with van der Waals surface area (Å²) in [6.07, 6.45) is 1.85. The van der Waals surface area contributed by atoms with Crippen LogP contribution in [0.5, 0.6) is 5.75 Å². The summed E-state index contributed by atoms with van der Waals surface area (Å²) in [6.45, 7) is 1.65. The highest BCUT2D eigenvalue weighted by Gasteiger charge is 2.27. The molecule has 5 aromatic rings. The zero-order valence-electron chi connectivity index (χ0n) is 21.1. The van der Waals surface area contributed by atoms with E-state index in [1.807, 2.05) is 30.5 Å². The van der Waals surface area contributed by atoms with Crippen LogP contribution in [0.25, 0.3) is 33.4 Å². The van der Waals surface area contributed by atoms with Gasteiger partial charge in [0.15, 0.2) is 5.58 Å². The average molecular weight is 515 g/mol. The first-order valence-corrected chi connectivity index (χ1v) is 12.0. The van der Waals surface area contributed by atoms with Crippen LogP contribution in [0.4, 0.5) is 0 Å². The first kappa shape index (κ1) is 24.9. The van der Waals surface area contributed by atoms with Crippen molar-refractivity contribution in [3.05, 3.63) is 87.9 Å². The molecule has 0 spiro atoms. The van der Waals surface area contributed by atoms with Gasteiger partial charge >= 0.3 is 5.97 Å². The maximum absolute atomic E-state index is 13.3. The van der Waals surface area contributed by atoms with E-state index in [-0.39, 0.29) is 29.4 Å². The Bertz CT molecular complexity index is 1690. The Hall–Kier alpha value is -4.79. The molecule has 9 nitrogen and oxygen atoms in total. The summed E-state index contributed by atoms with van der Waals surface area (Å²) in [5.41, 5.74) is 2.70. The smallest absolute Gasteiger partial charge is 0.328 e. The number of hydrogen-bond acceptors (Lipinski definition) is 7. The number of ether oxygens (including phenoxy) is 2. The van der Waals surface area contributed by atoms with Gasteiger partial charge in [-0.2, -0.15) is 0 Å². The number of carbonyl (C=O) groups is 2. The minimum Gasteiger partial charge on any atom is -0.497 e. The molecule has 1 amide bonds. The predicted molar refractivity (Wildman–Crippen MR) is 141 cm³/mol. The number of aryl methyl sites for hydroxylation is 1. The number of methoxy groups -OCH3 is 2. The van der Waals surface area contributed by atoms with Crippen LogP contribution in [0.15, 0.2) is 74.4 Å². The number of para-hydroxylation sites is 1. The van der Waals surface area contributed by atoms with Crippen molar-refractivity contribution in [2.45, 2.75) is 25.8 Å².